The second kappa shape index (κ2) is 7.50. The number of anilines is 1. The molecule has 0 saturated heterocycles. The number of halogens is 3. The van der Waals surface area contributed by atoms with Crippen molar-refractivity contribution in [1.29, 1.82) is 0 Å². The van der Waals surface area contributed by atoms with Crippen molar-refractivity contribution in [2.45, 2.75) is 32.6 Å². The number of hydrogen-bond donors (Lipinski definition) is 2. The highest BCUT2D eigenvalue weighted by molar-refractivity contribution is 5.53. The lowest BCUT2D eigenvalue weighted by molar-refractivity contribution is -0.119. The average Bonchev–Trinajstić information content (AvgIpc) is 2.34. The fraction of sp³-hybridized carbons (Fsp3) is 0.571. The summed E-state index contributed by atoms with van der Waals surface area (Å²) in [6.45, 7) is 3.02. The summed E-state index contributed by atoms with van der Waals surface area (Å²) in [6.07, 6.45) is -4.30. The van der Waals surface area contributed by atoms with Crippen LogP contribution in [0.25, 0.3) is 0 Å². The zero-order valence-electron chi connectivity index (χ0n) is 11.7. The molecule has 0 heterocycles. The Morgan fingerprint density at radius 3 is 2.45 bits per heavy atom. The van der Waals surface area contributed by atoms with Crippen LogP contribution >= 0.6 is 0 Å². The SMILES string of the molecule is CC(C)NCc1ccccc1N(CCO)CC(F)(F)F. The van der Waals surface area contributed by atoms with Gasteiger partial charge in [0.15, 0.2) is 0 Å². The van der Waals surface area contributed by atoms with Crippen molar-refractivity contribution in [3.8, 4) is 0 Å². The molecule has 0 amide bonds. The van der Waals surface area contributed by atoms with Gasteiger partial charge < -0.3 is 15.3 Å². The maximum absolute atomic E-state index is 12.6. The van der Waals surface area contributed by atoms with Crippen LogP contribution in [0.3, 0.4) is 0 Å². The van der Waals surface area contributed by atoms with E-state index in [1.165, 1.54) is 0 Å². The molecule has 0 aliphatic heterocycles. The van der Waals surface area contributed by atoms with Crippen molar-refractivity contribution in [1.82, 2.24) is 5.32 Å². The molecule has 0 radical (unpaired) electrons. The number of benzene rings is 1. The molecule has 0 unspecified atom stereocenters. The van der Waals surface area contributed by atoms with Crippen molar-refractivity contribution in [3.05, 3.63) is 29.8 Å². The summed E-state index contributed by atoms with van der Waals surface area (Å²) in [5, 5.41) is 12.2. The Balaban J connectivity index is 2.94. The predicted octanol–water partition coefficient (Wildman–Crippen LogP) is 2.55. The first-order valence-corrected chi connectivity index (χ1v) is 6.57. The summed E-state index contributed by atoms with van der Waals surface area (Å²) < 4.78 is 37.9. The molecule has 0 fully saturated rings. The third kappa shape index (κ3) is 5.79. The molecule has 1 aromatic rings. The molecule has 0 atom stereocenters. The van der Waals surface area contributed by atoms with E-state index in [9.17, 15) is 13.2 Å². The average molecular weight is 290 g/mol. The van der Waals surface area contributed by atoms with E-state index in [-0.39, 0.29) is 19.2 Å². The predicted molar refractivity (Wildman–Crippen MR) is 73.8 cm³/mol. The maximum atomic E-state index is 12.6. The number of aliphatic hydroxyl groups is 1. The molecule has 0 saturated carbocycles. The topological polar surface area (TPSA) is 35.5 Å². The second-order valence-electron chi connectivity index (χ2n) is 4.92. The van der Waals surface area contributed by atoms with Crippen LogP contribution in [0, 0.1) is 0 Å². The van der Waals surface area contributed by atoms with Gasteiger partial charge in [-0.25, -0.2) is 0 Å². The first-order valence-electron chi connectivity index (χ1n) is 6.57. The van der Waals surface area contributed by atoms with Gasteiger partial charge in [-0.15, -0.1) is 0 Å². The fourth-order valence-electron chi connectivity index (χ4n) is 1.90. The van der Waals surface area contributed by atoms with Gasteiger partial charge in [0.05, 0.1) is 6.61 Å². The summed E-state index contributed by atoms with van der Waals surface area (Å²) in [7, 11) is 0. The normalized spacial score (nSPS) is 11.9. The lowest BCUT2D eigenvalue weighted by atomic mass is 10.1. The molecule has 20 heavy (non-hydrogen) atoms. The Bertz CT molecular complexity index is 408. The van der Waals surface area contributed by atoms with Crippen LogP contribution in [0.5, 0.6) is 0 Å². The summed E-state index contributed by atoms with van der Waals surface area (Å²) >= 11 is 0. The Morgan fingerprint density at radius 2 is 1.90 bits per heavy atom. The third-order valence-corrected chi connectivity index (χ3v) is 2.77. The lowest BCUT2D eigenvalue weighted by Crippen LogP contribution is -2.37. The lowest BCUT2D eigenvalue weighted by Gasteiger charge is -2.27. The van der Waals surface area contributed by atoms with Gasteiger partial charge in [-0.2, -0.15) is 13.2 Å². The number of para-hydroxylation sites is 1. The first-order chi connectivity index (χ1) is 9.33. The summed E-state index contributed by atoms with van der Waals surface area (Å²) in [4.78, 5) is 1.16. The number of alkyl halides is 3. The number of hydrogen-bond acceptors (Lipinski definition) is 3. The Labute approximate surface area is 117 Å². The monoisotopic (exact) mass is 290 g/mol. The van der Waals surface area contributed by atoms with Crippen molar-refractivity contribution < 1.29 is 18.3 Å². The van der Waals surface area contributed by atoms with E-state index >= 15 is 0 Å². The number of rotatable bonds is 7. The highest BCUT2D eigenvalue weighted by Crippen LogP contribution is 2.25. The zero-order valence-corrected chi connectivity index (χ0v) is 11.7. The van der Waals surface area contributed by atoms with Gasteiger partial charge in [-0.1, -0.05) is 32.0 Å². The van der Waals surface area contributed by atoms with Crippen LogP contribution in [-0.4, -0.2) is 37.0 Å². The molecule has 2 N–H and O–H groups in total. The minimum Gasteiger partial charge on any atom is -0.395 e. The van der Waals surface area contributed by atoms with Crippen LogP contribution < -0.4 is 10.2 Å². The van der Waals surface area contributed by atoms with Crippen molar-refractivity contribution in [2.24, 2.45) is 0 Å². The number of nitrogens with zero attached hydrogens (tertiary/aromatic N) is 1. The second-order valence-corrected chi connectivity index (χ2v) is 4.92. The summed E-state index contributed by atoms with van der Waals surface area (Å²) in [5.41, 5.74) is 1.30. The van der Waals surface area contributed by atoms with Gasteiger partial charge in [0.25, 0.3) is 0 Å². The molecule has 0 aliphatic rings. The molecule has 114 valence electrons. The number of aliphatic hydroxyl groups excluding tert-OH is 1. The number of nitrogens with one attached hydrogen (secondary N) is 1. The summed E-state index contributed by atoms with van der Waals surface area (Å²) in [5.74, 6) is 0. The van der Waals surface area contributed by atoms with E-state index < -0.39 is 12.7 Å². The van der Waals surface area contributed by atoms with E-state index in [1.807, 2.05) is 13.8 Å². The van der Waals surface area contributed by atoms with E-state index in [0.29, 0.717) is 12.2 Å². The third-order valence-electron chi connectivity index (χ3n) is 2.77. The molecule has 1 aromatic carbocycles. The quantitative estimate of drug-likeness (QED) is 0.810. The standard InChI is InChI=1S/C14H21F3N2O/c1-11(2)18-9-12-5-3-4-6-13(12)19(7-8-20)10-14(15,16)17/h3-6,11,18,20H,7-10H2,1-2H3. The van der Waals surface area contributed by atoms with Gasteiger partial charge in [-0.3, -0.25) is 0 Å². The molecule has 0 bridgehead atoms. The molecule has 0 spiro atoms. The zero-order chi connectivity index (χ0) is 15.2. The molecule has 3 nitrogen and oxygen atoms in total. The van der Waals surface area contributed by atoms with Gasteiger partial charge >= 0.3 is 6.18 Å². The van der Waals surface area contributed by atoms with Gasteiger partial charge in [0, 0.05) is 24.8 Å². The molecular formula is C14H21F3N2O. The molecule has 1 rings (SSSR count). The Hall–Kier alpha value is -1.27. The van der Waals surface area contributed by atoms with Crippen LogP contribution in [0.1, 0.15) is 19.4 Å². The smallest absolute Gasteiger partial charge is 0.395 e. The molecule has 0 aromatic heterocycles. The fourth-order valence-corrected chi connectivity index (χ4v) is 1.90. The van der Waals surface area contributed by atoms with Gasteiger partial charge in [0.1, 0.15) is 6.54 Å². The summed E-state index contributed by atoms with van der Waals surface area (Å²) in [6, 6.07) is 7.20. The van der Waals surface area contributed by atoms with Gasteiger partial charge in [0.2, 0.25) is 0 Å². The minimum absolute atomic E-state index is 0.0435. The van der Waals surface area contributed by atoms with Crippen molar-refractivity contribution in [2.75, 3.05) is 24.6 Å². The van der Waals surface area contributed by atoms with Crippen molar-refractivity contribution >= 4 is 5.69 Å². The Kier molecular flexibility index (Phi) is 6.29. The Morgan fingerprint density at radius 1 is 1.25 bits per heavy atom. The molecular weight excluding hydrogens is 269 g/mol. The van der Waals surface area contributed by atoms with Crippen LogP contribution in [0.2, 0.25) is 0 Å². The highest BCUT2D eigenvalue weighted by atomic mass is 19.4. The van der Waals surface area contributed by atoms with Gasteiger partial charge in [-0.05, 0) is 11.6 Å². The molecule has 0 aliphatic carbocycles. The van der Waals surface area contributed by atoms with E-state index in [2.05, 4.69) is 5.32 Å². The van der Waals surface area contributed by atoms with Crippen molar-refractivity contribution in [3.63, 3.8) is 0 Å². The van der Waals surface area contributed by atoms with E-state index in [1.54, 1.807) is 24.3 Å². The van der Waals surface area contributed by atoms with Crippen LogP contribution in [0.15, 0.2) is 24.3 Å². The minimum atomic E-state index is -4.30. The largest absolute Gasteiger partial charge is 0.405 e. The van der Waals surface area contributed by atoms with Crippen LogP contribution in [-0.2, 0) is 6.54 Å². The van der Waals surface area contributed by atoms with E-state index in [0.717, 1.165) is 10.5 Å². The molecule has 6 heteroatoms. The van der Waals surface area contributed by atoms with Crippen LogP contribution in [0.4, 0.5) is 18.9 Å². The first kappa shape index (κ1) is 16.8. The maximum Gasteiger partial charge on any atom is 0.405 e. The van der Waals surface area contributed by atoms with E-state index in [4.69, 9.17) is 5.11 Å². The highest BCUT2D eigenvalue weighted by Gasteiger charge is 2.31.